The number of hydrogen-bond acceptors (Lipinski definition) is 3. The van der Waals surface area contributed by atoms with E-state index in [1.807, 2.05) is 6.07 Å². The van der Waals surface area contributed by atoms with Gasteiger partial charge in [-0.3, -0.25) is 4.79 Å². The van der Waals surface area contributed by atoms with Gasteiger partial charge in [-0.15, -0.1) is 0 Å². The Hall–Kier alpha value is -1.07. The molecule has 1 heterocycles. The number of phenolic OH excluding ortho intramolecular Hbond substituents is 1. The predicted molar refractivity (Wildman–Crippen MR) is 76.5 cm³/mol. The summed E-state index contributed by atoms with van der Waals surface area (Å²) < 4.78 is 5.34. The van der Waals surface area contributed by atoms with Crippen molar-refractivity contribution in [3.63, 3.8) is 0 Å². The minimum absolute atomic E-state index is 0.0213. The van der Waals surface area contributed by atoms with E-state index in [0.717, 1.165) is 23.7 Å². The van der Waals surface area contributed by atoms with Crippen LogP contribution in [0.15, 0.2) is 24.3 Å². The van der Waals surface area contributed by atoms with E-state index in [1.54, 1.807) is 18.2 Å². The number of phenols is 1. The molecule has 0 saturated carbocycles. The minimum Gasteiger partial charge on any atom is -0.508 e. The van der Waals surface area contributed by atoms with Gasteiger partial charge in [-0.05, 0) is 30.5 Å². The highest BCUT2D eigenvalue weighted by Crippen LogP contribution is 2.23. The molecule has 1 aliphatic rings. The van der Waals surface area contributed by atoms with E-state index in [1.165, 1.54) is 0 Å². The van der Waals surface area contributed by atoms with Gasteiger partial charge in [-0.25, -0.2) is 0 Å². The third-order valence-corrected chi connectivity index (χ3v) is 4.46. The lowest BCUT2D eigenvalue weighted by atomic mass is 9.92. The fourth-order valence-electron chi connectivity index (χ4n) is 2.25. The van der Waals surface area contributed by atoms with E-state index < -0.39 is 0 Å². The summed E-state index contributed by atoms with van der Waals surface area (Å²) in [5.74, 6) is 0.165. The molecule has 1 aromatic carbocycles. The predicted octanol–water partition coefficient (Wildman–Crippen LogP) is 2.00. The summed E-state index contributed by atoms with van der Waals surface area (Å²) in [5, 5.41) is 13.2. The summed E-state index contributed by atoms with van der Waals surface area (Å²) in [7, 11) is 0. The topological polar surface area (TPSA) is 58.6 Å². The van der Waals surface area contributed by atoms with Gasteiger partial charge in [-0.2, -0.15) is 0 Å². The molecule has 104 valence electrons. The van der Waals surface area contributed by atoms with Crippen molar-refractivity contribution >= 4 is 21.8 Å². The maximum absolute atomic E-state index is 12.1. The molecule has 2 rings (SSSR count). The van der Waals surface area contributed by atoms with E-state index in [-0.39, 0.29) is 23.6 Å². The van der Waals surface area contributed by atoms with Crippen LogP contribution in [0, 0.1) is 0 Å². The molecule has 1 aromatic rings. The number of alkyl halides is 1. The standard InChI is InChI=1S/C14H18BrNO3/c15-10-14(4-6-19-7-5-14)16-13(18)9-11-2-1-3-12(17)8-11/h1-3,8,17H,4-7,9-10H2,(H,16,18). The van der Waals surface area contributed by atoms with Crippen molar-refractivity contribution in [2.24, 2.45) is 0 Å². The van der Waals surface area contributed by atoms with E-state index in [4.69, 9.17) is 4.74 Å². The van der Waals surface area contributed by atoms with Gasteiger partial charge in [0.2, 0.25) is 5.91 Å². The Kier molecular flexibility index (Phi) is 4.82. The molecule has 0 bridgehead atoms. The molecule has 0 aromatic heterocycles. The van der Waals surface area contributed by atoms with Crippen molar-refractivity contribution < 1.29 is 14.6 Å². The highest BCUT2D eigenvalue weighted by molar-refractivity contribution is 9.09. The van der Waals surface area contributed by atoms with Gasteiger partial charge >= 0.3 is 0 Å². The van der Waals surface area contributed by atoms with Crippen molar-refractivity contribution in [3.8, 4) is 5.75 Å². The Labute approximate surface area is 121 Å². The summed E-state index contributed by atoms with van der Waals surface area (Å²) in [6, 6.07) is 6.79. The number of hydrogen-bond donors (Lipinski definition) is 2. The Morgan fingerprint density at radius 1 is 1.42 bits per heavy atom. The van der Waals surface area contributed by atoms with Gasteiger partial charge in [0.1, 0.15) is 5.75 Å². The highest BCUT2D eigenvalue weighted by Gasteiger charge is 2.32. The van der Waals surface area contributed by atoms with Crippen LogP contribution in [-0.2, 0) is 16.0 Å². The number of amides is 1. The smallest absolute Gasteiger partial charge is 0.224 e. The summed E-state index contributed by atoms with van der Waals surface area (Å²) >= 11 is 3.48. The molecular weight excluding hydrogens is 310 g/mol. The molecule has 1 saturated heterocycles. The molecule has 5 heteroatoms. The lowest BCUT2D eigenvalue weighted by Gasteiger charge is -2.36. The van der Waals surface area contributed by atoms with Crippen molar-refractivity contribution in [2.45, 2.75) is 24.8 Å². The molecule has 0 aliphatic carbocycles. The van der Waals surface area contributed by atoms with Crippen molar-refractivity contribution in [3.05, 3.63) is 29.8 Å². The average molecular weight is 328 g/mol. The first-order valence-electron chi connectivity index (χ1n) is 6.36. The first kappa shape index (κ1) is 14.3. The van der Waals surface area contributed by atoms with Gasteiger partial charge in [-0.1, -0.05) is 28.1 Å². The second-order valence-corrected chi connectivity index (χ2v) is 5.48. The van der Waals surface area contributed by atoms with Crippen LogP contribution in [0.3, 0.4) is 0 Å². The fourth-order valence-corrected chi connectivity index (χ4v) is 2.95. The Bertz CT molecular complexity index is 444. The van der Waals surface area contributed by atoms with Gasteiger partial charge in [0.15, 0.2) is 0 Å². The Balaban J connectivity index is 1.96. The molecule has 0 unspecified atom stereocenters. The number of benzene rings is 1. The first-order valence-corrected chi connectivity index (χ1v) is 7.48. The number of halogens is 1. The number of nitrogens with one attached hydrogen (secondary N) is 1. The minimum atomic E-state index is -0.202. The zero-order valence-corrected chi connectivity index (χ0v) is 12.3. The van der Waals surface area contributed by atoms with Crippen LogP contribution in [0.1, 0.15) is 18.4 Å². The number of carbonyl (C=O) groups is 1. The van der Waals surface area contributed by atoms with Crippen LogP contribution in [0.4, 0.5) is 0 Å². The lowest BCUT2D eigenvalue weighted by Crippen LogP contribution is -2.53. The highest BCUT2D eigenvalue weighted by atomic mass is 79.9. The first-order chi connectivity index (χ1) is 9.13. The van der Waals surface area contributed by atoms with E-state index in [0.29, 0.717) is 13.2 Å². The molecule has 2 N–H and O–H groups in total. The van der Waals surface area contributed by atoms with Crippen molar-refractivity contribution in [1.82, 2.24) is 5.32 Å². The fraction of sp³-hybridized carbons (Fsp3) is 0.500. The molecule has 0 spiro atoms. The van der Waals surface area contributed by atoms with Gasteiger partial charge < -0.3 is 15.2 Å². The molecule has 0 atom stereocenters. The molecule has 1 amide bonds. The second-order valence-electron chi connectivity index (χ2n) is 4.92. The normalized spacial score (nSPS) is 17.9. The Morgan fingerprint density at radius 3 is 2.79 bits per heavy atom. The van der Waals surface area contributed by atoms with E-state index in [9.17, 15) is 9.90 Å². The Morgan fingerprint density at radius 2 is 2.16 bits per heavy atom. The second kappa shape index (κ2) is 6.39. The lowest BCUT2D eigenvalue weighted by molar-refractivity contribution is -0.123. The maximum atomic E-state index is 12.1. The summed E-state index contributed by atoms with van der Waals surface area (Å²) in [4.78, 5) is 12.1. The average Bonchev–Trinajstić information content (AvgIpc) is 2.39. The van der Waals surface area contributed by atoms with Gasteiger partial charge in [0.05, 0.1) is 12.0 Å². The quantitative estimate of drug-likeness (QED) is 0.831. The molecule has 0 radical (unpaired) electrons. The van der Waals surface area contributed by atoms with Crippen LogP contribution in [0.2, 0.25) is 0 Å². The summed E-state index contributed by atoms with van der Waals surface area (Å²) in [5.41, 5.74) is 0.612. The van der Waals surface area contributed by atoms with Crippen LogP contribution in [0.5, 0.6) is 5.75 Å². The number of ether oxygens (including phenoxy) is 1. The van der Waals surface area contributed by atoms with Gasteiger partial charge in [0, 0.05) is 18.5 Å². The zero-order valence-electron chi connectivity index (χ0n) is 10.7. The summed E-state index contributed by atoms with van der Waals surface area (Å²) in [6.45, 7) is 1.36. The van der Waals surface area contributed by atoms with Crippen LogP contribution in [0.25, 0.3) is 0 Å². The largest absolute Gasteiger partial charge is 0.508 e. The SMILES string of the molecule is O=C(Cc1cccc(O)c1)NC1(CBr)CCOCC1. The van der Waals surface area contributed by atoms with E-state index >= 15 is 0 Å². The monoisotopic (exact) mass is 327 g/mol. The molecule has 1 aliphatic heterocycles. The zero-order chi connectivity index (χ0) is 13.7. The molecule has 4 nitrogen and oxygen atoms in total. The van der Waals surface area contributed by atoms with Crippen molar-refractivity contribution in [1.29, 1.82) is 0 Å². The molecule has 1 fully saturated rings. The van der Waals surface area contributed by atoms with Crippen molar-refractivity contribution in [2.75, 3.05) is 18.5 Å². The van der Waals surface area contributed by atoms with Crippen LogP contribution in [-0.4, -0.2) is 35.1 Å². The molecular formula is C14H18BrNO3. The number of rotatable bonds is 4. The third kappa shape index (κ3) is 3.94. The van der Waals surface area contributed by atoms with Crippen LogP contribution < -0.4 is 5.32 Å². The van der Waals surface area contributed by atoms with E-state index in [2.05, 4.69) is 21.2 Å². The number of carbonyl (C=O) groups excluding carboxylic acids is 1. The van der Waals surface area contributed by atoms with Gasteiger partial charge in [0.25, 0.3) is 0 Å². The van der Waals surface area contributed by atoms with Crippen LogP contribution >= 0.6 is 15.9 Å². The third-order valence-electron chi connectivity index (χ3n) is 3.39. The maximum Gasteiger partial charge on any atom is 0.224 e. The summed E-state index contributed by atoms with van der Waals surface area (Å²) in [6.07, 6.45) is 1.93. The number of aromatic hydroxyl groups is 1. The molecule has 19 heavy (non-hydrogen) atoms.